The number of hydrogen-bond donors (Lipinski definition) is 10. The Morgan fingerprint density at radius 3 is 1.27 bits per heavy atom. The van der Waals surface area contributed by atoms with E-state index in [1.54, 1.807) is 0 Å². The van der Waals surface area contributed by atoms with Crippen molar-refractivity contribution in [2.24, 2.45) is 28.9 Å². The second-order valence-electron chi connectivity index (χ2n) is 16.2. The van der Waals surface area contributed by atoms with Crippen LogP contribution in [0.25, 0.3) is 0 Å². The van der Waals surface area contributed by atoms with Gasteiger partial charge in [0.1, 0.15) is 30.2 Å². The summed E-state index contributed by atoms with van der Waals surface area (Å²) in [4.78, 5) is 87.7. The molecule has 0 aromatic carbocycles. The van der Waals surface area contributed by atoms with E-state index < -0.39 is 65.7 Å². The van der Waals surface area contributed by atoms with Crippen LogP contribution in [-0.2, 0) is 33.6 Å². The number of hydrogen-bond acceptors (Lipinski definition) is 10. The summed E-state index contributed by atoms with van der Waals surface area (Å²) in [6.07, 6.45) is 18.2. The number of nitrogens with two attached hydrogens (primary N) is 4. The fraction of sp³-hybridized carbons (Fsp3) is 0.837. The maximum Gasteiger partial charge on any atom is 0.300 e. The van der Waals surface area contributed by atoms with Crippen LogP contribution in [0.2, 0.25) is 0 Å². The Morgan fingerprint density at radius 1 is 0.483 bits per heavy atom. The van der Waals surface area contributed by atoms with Gasteiger partial charge in [-0.25, -0.2) is 0 Å². The molecule has 0 saturated heterocycles. The molecule has 0 rings (SSSR count). The fourth-order valence-electron chi connectivity index (χ4n) is 6.44. The number of carbonyl (C=O) groups excluding carboxylic acids is 6. The Kier molecular flexibility index (Phi) is 37.0. The van der Waals surface area contributed by atoms with E-state index in [4.69, 9.17) is 32.8 Å². The molecular formula is C43H85N9O8. The topological polar surface area (TPSA) is 304 Å². The van der Waals surface area contributed by atoms with Crippen molar-refractivity contribution >= 4 is 41.4 Å². The third-order valence-electron chi connectivity index (χ3n) is 9.88. The van der Waals surface area contributed by atoms with E-state index in [1.165, 1.54) is 51.9 Å². The lowest BCUT2D eigenvalue weighted by molar-refractivity contribution is -0.135. The summed E-state index contributed by atoms with van der Waals surface area (Å²) < 4.78 is 0. The van der Waals surface area contributed by atoms with Gasteiger partial charge in [-0.1, -0.05) is 85.0 Å². The van der Waals surface area contributed by atoms with E-state index in [0.29, 0.717) is 77.4 Å². The molecule has 0 saturated carbocycles. The first kappa shape index (κ1) is 58.3. The van der Waals surface area contributed by atoms with Crippen LogP contribution in [0, 0.1) is 5.92 Å². The zero-order valence-electron chi connectivity index (χ0n) is 37.8. The molecule has 0 aromatic rings. The van der Waals surface area contributed by atoms with E-state index in [0.717, 1.165) is 32.6 Å². The van der Waals surface area contributed by atoms with Crippen molar-refractivity contribution in [3.63, 3.8) is 0 Å². The predicted molar refractivity (Wildman–Crippen MR) is 237 cm³/mol. The van der Waals surface area contributed by atoms with Gasteiger partial charge in [0.05, 0.1) is 0 Å². The molecule has 17 nitrogen and oxygen atoms in total. The summed E-state index contributed by atoms with van der Waals surface area (Å²) in [6.45, 7) is 9.91. The van der Waals surface area contributed by atoms with Crippen LogP contribution in [0.3, 0.4) is 0 Å². The van der Waals surface area contributed by atoms with Crippen LogP contribution >= 0.6 is 0 Å². The van der Waals surface area contributed by atoms with Gasteiger partial charge in [-0.3, -0.25) is 33.6 Å². The Morgan fingerprint density at radius 2 is 0.850 bits per heavy atom. The average Bonchev–Trinajstić information content (AvgIpc) is 3.18. The normalized spacial score (nSPS) is 13.4. The van der Waals surface area contributed by atoms with Gasteiger partial charge >= 0.3 is 0 Å². The van der Waals surface area contributed by atoms with Crippen LogP contribution in [0.4, 0.5) is 0 Å². The number of carbonyl (C=O) groups is 7. The molecule has 0 aliphatic rings. The molecule has 0 radical (unpaired) electrons. The minimum absolute atomic E-state index is 0.0141. The van der Waals surface area contributed by atoms with E-state index in [-0.39, 0.29) is 24.7 Å². The first-order valence-corrected chi connectivity index (χ1v) is 22.6. The van der Waals surface area contributed by atoms with Gasteiger partial charge < -0.3 is 54.6 Å². The van der Waals surface area contributed by atoms with Crippen molar-refractivity contribution < 1.29 is 38.7 Å². The molecule has 0 aliphatic carbocycles. The van der Waals surface area contributed by atoms with Gasteiger partial charge in [0.2, 0.25) is 35.4 Å². The third kappa shape index (κ3) is 33.0. The molecule has 0 heterocycles. The second kappa shape index (κ2) is 38.1. The molecule has 5 unspecified atom stereocenters. The average molecular weight is 856 g/mol. The first-order chi connectivity index (χ1) is 28.5. The van der Waals surface area contributed by atoms with Gasteiger partial charge in [0.25, 0.3) is 5.97 Å². The highest BCUT2D eigenvalue weighted by Gasteiger charge is 2.31. The highest BCUT2D eigenvalue weighted by Crippen LogP contribution is 2.13. The Labute approximate surface area is 360 Å². The molecule has 14 N–H and O–H groups in total. The van der Waals surface area contributed by atoms with Gasteiger partial charge in [-0.15, -0.1) is 0 Å². The Bertz CT molecular complexity index is 1200. The lowest BCUT2D eigenvalue weighted by Gasteiger charge is -2.26. The van der Waals surface area contributed by atoms with Gasteiger partial charge in [-0.05, 0) is 103 Å². The Hall–Kier alpha value is -3.83. The molecule has 0 fully saturated rings. The standard InChI is InChI=1S/C41H81N9O6.C2H4O2/c1-5-6-7-8-9-10-11-12-13-14-15-25-36(51)47-33(23-17-20-27-43)39(54)50-35(29-30(2)3)41(56)46-31(4)38(53)49-34(24-18-21-28-44)40(55)48-32(37(45)52)22-16-19-26-42;1-2(3)4/h30-35H,5-29,42-44H2,1-4H3,(H2,45,52)(H,46,56)(H,47,51)(H,48,55)(H,49,53)(H,50,54);1H3,(H,3,4). The molecule has 0 bridgehead atoms. The van der Waals surface area contributed by atoms with E-state index in [2.05, 4.69) is 33.5 Å². The number of nitrogens with one attached hydrogen (secondary N) is 5. The summed E-state index contributed by atoms with van der Waals surface area (Å²) in [5.74, 6) is -3.94. The van der Waals surface area contributed by atoms with E-state index in [9.17, 15) is 28.8 Å². The number of unbranched alkanes of at least 4 members (excludes halogenated alkanes) is 13. The molecule has 60 heavy (non-hydrogen) atoms. The van der Waals surface area contributed by atoms with Crippen molar-refractivity contribution in [3.8, 4) is 0 Å². The minimum atomic E-state index is -1.07. The molecule has 5 atom stereocenters. The number of rotatable bonds is 36. The van der Waals surface area contributed by atoms with Crippen LogP contribution in [-0.4, -0.2) is 96.4 Å². The van der Waals surface area contributed by atoms with Crippen molar-refractivity contribution in [1.29, 1.82) is 0 Å². The largest absolute Gasteiger partial charge is 0.481 e. The van der Waals surface area contributed by atoms with Crippen molar-refractivity contribution in [2.75, 3.05) is 19.6 Å². The van der Waals surface area contributed by atoms with Crippen LogP contribution in [0.5, 0.6) is 0 Å². The van der Waals surface area contributed by atoms with Gasteiger partial charge in [-0.2, -0.15) is 0 Å². The molecule has 350 valence electrons. The number of carboxylic acids is 1. The number of aliphatic carboxylic acids is 1. The number of carboxylic acid groups (broad SMARTS) is 1. The second-order valence-corrected chi connectivity index (χ2v) is 16.2. The molecular weight excluding hydrogens is 771 g/mol. The summed E-state index contributed by atoms with van der Waals surface area (Å²) in [5.41, 5.74) is 22.4. The molecule has 6 amide bonds. The van der Waals surface area contributed by atoms with Crippen LogP contribution in [0.1, 0.15) is 176 Å². The van der Waals surface area contributed by atoms with E-state index in [1.807, 2.05) is 13.8 Å². The lowest BCUT2D eigenvalue weighted by atomic mass is 10.0. The molecule has 17 heteroatoms. The number of primary amides is 1. The smallest absolute Gasteiger partial charge is 0.300 e. The molecule has 0 aromatic heterocycles. The monoisotopic (exact) mass is 856 g/mol. The first-order valence-electron chi connectivity index (χ1n) is 22.6. The zero-order chi connectivity index (χ0) is 45.7. The summed E-state index contributed by atoms with van der Waals surface area (Å²) >= 11 is 0. The molecule has 0 spiro atoms. The molecule has 0 aliphatic heterocycles. The highest BCUT2D eigenvalue weighted by molar-refractivity contribution is 5.96. The number of amides is 6. The Balaban J connectivity index is 0. The SMILES string of the molecule is CC(=O)O.CCCCCCCCCCCCCC(=O)NC(CCCCN)C(=O)NC(CC(C)C)C(=O)NC(C)C(=O)NC(CCCCN)C(=O)NC(CCCCN)C(N)=O. The van der Waals surface area contributed by atoms with Gasteiger partial charge in [0, 0.05) is 13.3 Å². The van der Waals surface area contributed by atoms with E-state index >= 15 is 0 Å². The maximum atomic E-state index is 13.6. The van der Waals surface area contributed by atoms with Crippen LogP contribution < -0.4 is 49.5 Å². The van der Waals surface area contributed by atoms with Crippen molar-refractivity contribution in [3.05, 3.63) is 0 Å². The summed E-state index contributed by atoms with van der Waals surface area (Å²) in [6, 6.07) is -4.81. The summed E-state index contributed by atoms with van der Waals surface area (Å²) in [5, 5.41) is 21.2. The zero-order valence-corrected chi connectivity index (χ0v) is 37.8. The van der Waals surface area contributed by atoms with Crippen LogP contribution in [0.15, 0.2) is 0 Å². The highest BCUT2D eigenvalue weighted by atomic mass is 16.4. The fourth-order valence-corrected chi connectivity index (χ4v) is 6.44. The quantitative estimate of drug-likeness (QED) is 0.0408. The maximum absolute atomic E-state index is 13.6. The van der Waals surface area contributed by atoms with Crippen molar-refractivity contribution in [1.82, 2.24) is 26.6 Å². The lowest BCUT2D eigenvalue weighted by Crippen LogP contribution is -2.58. The summed E-state index contributed by atoms with van der Waals surface area (Å²) in [7, 11) is 0. The van der Waals surface area contributed by atoms with Gasteiger partial charge in [0.15, 0.2) is 0 Å². The van der Waals surface area contributed by atoms with Crippen molar-refractivity contribution in [2.45, 2.75) is 206 Å². The third-order valence-corrected chi connectivity index (χ3v) is 9.88. The predicted octanol–water partition coefficient (Wildman–Crippen LogP) is 3.14. The minimum Gasteiger partial charge on any atom is -0.481 e.